The fraction of sp³-hybridized carbons (Fsp3) is 0.0909. The zero-order chi connectivity index (χ0) is 12.3. The van der Waals surface area contributed by atoms with Gasteiger partial charge in [-0.05, 0) is 18.2 Å². The summed E-state index contributed by atoms with van der Waals surface area (Å²) in [5, 5.41) is 6.31. The number of nitrogen functional groups attached to an aromatic ring is 1. The molecule has 0 saturated heterocycles. The highest BCUT2D eigenvalue weighted by atomic mass is 16.5. The van der Waals surface area contributed by atoms with Crippen LogP contribution in [0.15, 0.2) is 35.1 Å². The van der Waals surface area contributed by atoms with Gasteiger partial charge >= 0.3 is 0 Å². The van der Waals surface area contributed by atoms with Crippen LogP contribution < -0.4 is 21.6 Å². The third-order valence-electron chi connectivity index (χ3n) is 2.33. The lowest BCUT2D eigenvalue weighted by molar-refractivity contribution is 0.416. The van der Waals surface area contributed by atoms with E-state index in [1.165, 1.54) is 6.07 Å². The number of aromatic amines is 1. The number of hydrazine groups is 1. The highest BCUT2D eigenvalue weighted by molar-refractivity contribution is 5.68. The number of nitrogens with zero attached hydrogens (tertiary/aromatic N) is 1. The minimum atomic E-state index is -0.235. The van der Waals surface area contributed by atoms with Crippen LogP contribution in [0.2, 0.25) is 0 Å². The number of nitrogens with one attached hydrogen (secondary N) is 2. The molecular weight excluding hydrogens is 220 g/mol. The summed E-state index contributed by atoms with van der Waals surface area (Å²) in [6.07, 6.45) is 0. The molecule has 0 aliphatic rings. The molecular formula is C11H12N4O2. The Kier molecular flexibility index (Phi) is 3.06. The van der Waals surface area contributed by atoms with Crippen LogP contribution in [0, 0.1) is 0 Å². The van der Waals surface area contributed by atoms with Crippen molar-refractivity contribution in [3.05, 3.63) is 40.7 Å². The van der Waals surface area contributed by atoms with Gasteiger partial charge in [-0.25, -0.2) is 5.10 Å². The van der Waals surface area contributed by atoms with E-state index in [4.69, 9.17) is 10.6 Å². The maximum Gasteiger partial charge on any atom is 0.264 e. The standard InChI is InChI=1S/C11H12N4O2/c1-17-10-6-7(2-3-9(10)13-12)8-4-5-11(16)15-14-8/h2-6,13H,12H2,1H3,(H,15,16). The van der Waals surface area contributed by atoms with Gasteiger partial charge in [0.15, 0.2) is 0 Å². The Bertz CT molecular complexity index is 559. The van der Waals surface area contributed by atoms with Crippen molar-refractivity contribution in [1.29, 1.82) is 0 Å². The molecule has 0 atom stereocenters. The molecule has 88 valence electrons. The van der Waals surface area contributed by atoms with Gasteiger partial charge in [-0.2, -0.15) is 5.10 Å². The maximum atomic E-state index is 10.9. The molecule has 1 aromatic carbocycles. The first kappa shape index (κ1) is 11.2. The monoisotopic (exact) mass is 232 g/mol. The van der Waals surface area contributed by atoms with E-state index in [9.17, 15) is 4.79 Å². The van der Waals surface area contributed by atoms with Gasteiger partial charge in [-0.3, -0.25) is 10.6 Å². The largest absolute Gasteiger partial charge is 0.495 e. The van der Waals surface area contributed by atoms with Crippen molar-refractivity contribution >= 4 is 5.69 Å². The van der Waals surface area contributed by atoms with E-state index in [2.05, 4.69) is 15.6 Å². The molecule has 1 aromatic heterocycles. The Morgan fingerprint density at radius 1 is 1.35 bits per heavy atom. The second kappa shape index (κ2) is 4.67. The molecule has 0 unspecified atom stereocenters. The van der Waals surface area contributed by atoms with Crippen LogP contribution in [-0.2, 0) is 0 Å². The topological polar surface area (TPSA) is 93.0 Å². The van der Waals surface area contributed by atoms with Crippen LogP contribution in [0.1, 0.15) is 0 Å². The zero-order valence-corrected chi connectivity index (χ0v) is 9.23. The van der Waals surface area contributed by atoms with Gasteiger partial charge in [0.25, 0.3) is 5.56 Å². The lowest BCUT2D eigenvalue weighted by Crippen LogP contribution is -2.08. The number of methoxy groups -OCH3 is 1. The summed E-state index contributed by atoms with van der Waals surface area (Å²) in [5.41, 5.74) is 4.47. The molecule has 0 fully saturated rings. The quantitative estimate of drug-likeness (QED) is 0.536. The van der Waals surface area contributed by atoms with Crippen molar-refractivity contribution in [1.82, 2.24) is 10.2 Å². The molecule has 6 heteroatoms. The molecule has 0 bridgehead atoms. The Labute approximate surface area is 97.4 Å². The highest BCUT2D eigenvalue weighted by Gasteiger charge is 2.05. The smallest absolute Gasteiger partial charge is 0.264 e. The van der Waals surface area contributed by atoms with Crippen molar-refractivity contribution in [2.75, 3.05) is 12.5 Å². The molecule has 4 N–H and O–H groups in total. The van der Waals surface area contributed by atoms with Gasteiger partial charge < -0.3 is 10.2 Å². The Balaban J connectivity index is 2.46. The van der Waals surface area contributed by atoms with Crippen molar-refractivity contribution in [2.45, 2.75) is 0 Å². The summed E-state index contributed by atoms with van der Waals surface area (Å²) < 4.78 is 5.18. The fourth-order valence-corrected chi connectivity index (χ4v) is 1.48. The van der Waals surface area contributed by atoms with Crippen molar-refractivity contribution in [3.63, 3.8) is 0 Å². The van der Waals surface area contributed by atoms with Crippen LogP contribution in [0.5, 0.6) is 5.75 Å². The van der Waals surface area contributed by atoms with E-state index < -0.39 is 0 Å². The Morgan fingerprint density at radius 2 is 2.18 bits per heavy atom. The molecule has 0 amide bonds. The van der Waals surface area contributed by atoms with E-state index in [1.807, 2.05) is 6.07 Å². The second-order valence-electron chi connectivity index (χ2n) is 3.37. The number of nitrogens with two attached hydrogens (primary N) is 1. The predicted molar refractivity (Wildman–Crippen MR) is 64.7 cm³/mol. The number of anilines is 1. The Hall–Kier alpha value is -2.34. The number of hydrogen-bond acceptors (Lipinski definition) is 5. The van der Waals surface area contributed by atoms with Gasteiger partial charge in [0.2, 0.25) is 0 Å². The summed E-state index contributed by atoms with van der Waals surface area (Å²) >= 11 is 0. The average Bonchev–Trinajstić information content (AvgIpc) is 2.39. The average molecular weight is 232 g/mol. The van der Waals surface area contributed by atoms with Crippen molar-refractivity contribution in [3.8, 4) is 17.0 Å². The number of benzene rings is 1. The first-order valence-electron chi connectivity index (χ1n) is 4.95. The summed E-state index contributed by atoms with van der Waals surface area (Å²) in [6, 6.07) is 8.46. The summed E-state index contributed by atoms with van der Waals surface area (Å²) in [6.45, 7) is 0. The fourth-order valence-electron chi connectivity index (χ4n) is 1.48. The number of ether oxygens (including phenoxy) is 1. The van der Waals surface area contributed by atoms with Gasteiger partial charge in [0, 0.05) is 11.6 Å². The molecule has 2 rings (SSSR count). The molecule has 0 saturated carbocycles. The van der Waals surface area contributed by atoms with E-state index in [1.54, 1.807) is 25.3 Å². The number of H-pyrrole nitrogens is 1. The second-order valence-corrected chi connectivity index (χ2v) is 3.37. The minimum absolute atomic E-state index is 0.235. The normalized spacial score (nSPS) is 10.0. The predicted octanol–water partition coefficient (Wildman–Crippen LogP) is 0.731. The molecule has 17 heavy (non-hydrogen) atoms. The minimum Gasteiger partial charge on any atom is -0.495 e. The number of rotatable bonds is 3. The third-order valence-corrected chi connectivity index (χ3v) is 2.33. The molecule has 0 spiro atoms. The van der Waals surface area contributed by atoms with Gasteiger partial charge in [-0.1, -0.05) is 6.07 Å². The van der Waals surface area contributed by atoms with E-state index in [-0.39, 0.29) is 5.56 Å². The molecule has 0 radical (unpaired) electrons. The summed E-state index contributed by atoms with van der Waals surface area (Å²) in [5.74, 6) is 5.95. The van der Waals surface area contributed by atoms with Crippen LogP contribution >= 0.6 is 0 Å². The first-order valence-corrected chi connectivity index (χ1v) is 4.95. The van der Waals surface area contributed by atoms with Gasteiger partial charge in [0.1, 0.15) is 5.75 Å². The van der Waals surface area contributed by atoms with E-state index in [0.29, 0.717) is 17.1 Å². The number of hydrogen-bond donors (Lipinski definition) is 3. The van der Waals surface area contributed by atoms with Crippen LogP contribution in [-0.4, -0.2) is 17.3 Å². The maximum absolute atomic E-state index is 10.9. The highest BCUT2D eigenvalue weighted by Crippen LogP contribution is 2.28. The summed E-state index contributed by atoms with van der Waals surface area (Å²) in [4.78, 5) is 10.9. The van der Waals surface area contributed by atoms with Crippen LogP contribution in [0.25, 0.3) is 11.3 Å². The van der Waals surface area contributed by atoms with E-state index >= 15 is 0 Å². The first-order chi connectivity index (χ1) is 8.24. The number of aromatic nitrogens is 2. The van der Waals surface area contributed by atoms with E-state index in [0.717, 1.165) is 5.56 Å². The molecule has 1 heterocycles. The zero-order valence-electron chi connectivity index (χ0n) is 9.23. The van der Waals surface area contributed by atoms with Crippen LogP contribution in [0.3, 0.4) is 0 Å². The lowest BCUT2D eigenvalue weighted by atomic mass is 10.1. The molecule has 0 aliphatic carbocycles. The molecule has 0 aliphatic heterocycles. The van der Waals surface area contributed by atoms with Gasteiger partial charge in [-0.15, -0.1) is 0 Å². The van der Waals surface area contributed by atoms with Crippen molar-refractivity contribution < 1.29 is 4.74 Å². The molecule has 2 aromatic rings. The SMILES string of the molecule is COc1cc(-c2ccc(=O)[nH]n2)ccc1NN. The summed E-state index contributed by atoms with van der Waals surface area (Å²) in [7, 11) is 1.56. The lowest BCUT2D eigenvalue weighted by Gasteiger charge is -2.09. The van der Waals surface area contributed by atoms with Crippen molar-refractivity contribution in [2.24, 2.45) is 5.84 Å². The third kappa shape index (κ3) is 2.26. The molecule has 6 nitrogen and oxygen atoms in total. The van der Waals surface area contributed by atoms with Gasteiger partial charge in [0.05, 0.1) is 18.5 Å². The Morgan fingerprint density at radius 3 is 2.76 bits per heavy atom. The van der Waals surface area contributed by atoms with Crippen LogP contribution in [0.4, 0.5) is 5.69 Å².